The van der Waals surface area contributed by atoms with Gasteiger partial charge in [-0.15, -0.1) is 11.6 Å². The number of nitrogens with one attached hydrogen (secondary N) is 1. The molecule has 0 radical (unpaired) electrons. The number of nitrogens with zero attached hydrogens (tertiary/aromatic N) is 9. The third kappa shape index (κ3) is 8.94. The first-order chi connectivity index (χ1) is 28.6. The van der Waals surface area contributed by atoms with Crippen molar-refractivity contribution in [2.24, 2.45) is 0 Å². The molecule has 59 heavy (non-hydrogen) atoms. The number of aryl methyl sites for hydroxylation is 2. The van der Waals surface area contributed by atoms with Crippen molar-refractivity contribution >= 4 is 56.9 Å². The second-order valence-corrected chi connectivity index (χ2v) is 15.8. The normalized spacial score (nSPS) is 18.3. The number of pyridine rings is 2. The van der Waals surface area contributed by atoms with Gasteiger partial charge in [0.1, 0.15) is 18.8 Å². The Morgan fingerprint density at radius 3 is 1.69 bits per heavy atom. The second-order valence-electron chi connectivity index (χ2n) is 14.6. The molecule has 0 bridgehead atoms. The van der Waals surface area contributed by atoms with Crippen LogP contribution in [-0.4, -0.2) is 49.8 Å². The molecule has 0 atom stereocenters. The lowest BCUT2D eigenvalue weighted by Crippen LogP contribution is -2.23. The van der Waals surface area contributed by atoms with Crippen LogP contribution in [0.3, 0.4) is 0 Å². The Balaban J connectivity index is 0.000000137. The maximum absolute atomic E-state index is 12.8. The molecular formula is C42H37Cl3N10O4. The van der Waals surface area contributed by atoms with Crippen molar-refractivity contribution < 1.29 is 9.05 Å². The first kappa shape index (κ1) is 40.0. The minimum atomic E-state index is -0.160. The van der Waals surface area contributed by atoms with Crippen molar-refractivity contribution in [1.29, 1.82) is 0 Å². The molecule has 6 heterocycles. The van der Waals surface area contributed by atoms with Crippen LogP contribution in [0.15, 0.2) is 104 Å². The van der Waals surface area contributed by atoms with E-state index in [1.54, 1.807) is 24.5 Å². The van der Waals surface area contributed by atoms with Crippen LogP contribution in [0.5, 0.6) is 0 Å². The van der Waals surface area contributed by atoms with E-state index in [0.29, 0.717) is 57.4 Å². The number of hydrogen-bond donors (Lipinski definition) is 1. The average molecular weight is 852 g/mol. The predicted octanol–water partition coefficient (Wildman–Crippen LogP) is 8.60. The highest BCUT2D eigenvalue weighted by Crippen LogP contribution is 2.47. The van der Waals surface area contributed by atoms with Crippen molar-refractivity contribution in [2.75, 3.05) is 0 Å². The molecule has 1 N–H and O–H groups in total. The smallest absolute Gasteiger partial charge is 0.263 e. The highest BCUT2D eigenvalue weighted by Gasteiger charge is 2.35. The molecule has 2 fully saturated rings. The fourth-order valence-corrected chi connectivity index (χ4v) is 7.65. The summed E-state index contributed by atoms with van der Waals surface area (Å²) in [5.41, 5.74) is 5.00. The summed E-state index contributed by atoms with van der Waals surface area (Å²) in [6.07, 6.45) is 10.2. The van der Waals surface area contributed by atoms with E-state index in [9.17, 15) is 9.59 Å². The monoisotopic (exact) mass is 850 g/mol. The standard InChI is InChI=1S/C21H18ClN5O2.C13H12Cl2N2O.C8H7N3O/c1-12-6-7-23-20-18(12)21(28)27(11-24-20)10-17-25-19(26-29-17)15-8-14(9-15)13-2-4-16(22)5-3-13;14-7-12-16-13(17-18-12)10-5-9(6-10)8-1-3-11(15)4-2-8;1-5-2-3-9-7-6(5)8(12)11-4-10-7/h2-7,11,14-15H,8-10H2,1H3;1-4,9-10H,5-7H2;2-4H,1H3,(H,9,10,11,12). The van der Waals surface area contributed by atoms with Gasteiger partial charge in [-0.25, -0.2) is 19.9 Å². The Bertz CT molecular complexity index is 2830. The SMILES string of the molecule is Cc1ccnc2nc[nH]c(=O)c12.Cc1ccnc2ncn(Cc3nc(C4CC(c5ccc(Cl)cc5)C4)no3)c(=O)c12.ClCc1nc(C2CC(c3ccc(Cl)cc3)C2)no1. The quantitative estimate of drug-likeness (QED) is 0.151. The van der Waals surface area contributed by atoms with Gasteiger partial charge in [-0.2, -0.15) is 9.97 Å². The summed E-state index contributed by atoms with van der Waals surface area (Å²) >= 11 is 17.5. The Kier molecular flexibility index (Phi) is 11.9. The fraction of sp³-hybridized carbons (Fsp3) is 0.286. The van der Waals surface area contributed by atoms with Crippen molar-refractivity contribution in [3.63, 3.8) is 0 Å². The highest BCUT2D eigenvalue weighted by atomic mass is 35.5. The molecule has 2 aromatic carbocycles. The van der Waals surface area contributed by atoms with Gasteiger partial charge in [-0.05, 0) is 110 Å². The van der Waals surface area contributed by atoms with Crippen LogP contribution in [0, 0.1) is 13.8 Å². The minimum absolute atomic E-state index is 0.134. The number of halogens is 3. The maximum atomic E-state index is 12.8. The van der Waals surface area contributed by atoms with E-state index in [1.807, 2.05) is 38.1 Å². The van der Waals surface area contributed by atoms with Gasteiger partial charge in [0.2, 0.25) is 11.8 Å². The van der Waals surface area contributed by atoms with E-state index in [-0.39, 0.29) is 29.5 Å². The van der Waals surface area contributed by atoms with E-state index in [0.717, 1.165) is 52.7 Å². The van der Waals surface area contributed by atoms with Gasteiger partial charge in [-0.3, -0.25) is 14.2 Å². The molecule has 14 nitrogen and oxygen atoms in total. The zero-order valence-electron chi connectivity index (χ0n) is 31.9. The molecule has 300 valence electrons. The predicted molar refractivity (Wildman–Crippen MR) is 223 cm³/mol. The topological polar surface area (TPSA) is 184 Å². The first-order valence-electron chi connectivity index (χ1n) is 18.9. The number of hydrogen-bond acceptors (Lipinski definition) is 12. The van der Waals surface area contributed by atoms with Crippen LogP contribution in [0.2, 0.25) is 10.0 Å². The van der Waals surface area contributed by atoms with Gasteiger partial charge >= 0.3 is 0 Å². The summed E-state index contributed by atoms with van der Waals surface area (Å²) in [4.78, 5) is 51.6. The molecule has 6 aromatic heterocycles. The Hall–Kier alpha value is -5.83. The zero-order chi connectivity index (χ0) is 41.0. The lowest BCUT2D eigenvalue weighted by molar-refractivity contribution is 0.315. The summed E-state index contributed by atoms with van der Waals surface area (Å²) in [7, 11) is 0. The number of benzene rings is 2. The van der Waals surface area contributed by atoms with Crippen molar-refractivity contribution in [2.45, 2.75) is 75.6 Å². The zero-order valence-corrected chi connectivity index (χ0v) is 34.2. The summed E-state index contributed by atoms with van der Waals surface area (Å²) in [5, 5.41) is 10.7. The van der Waals surface area contributed by atoms with Gasteiger partial charge < -0.3 is 14.0 Å². The molecular weight excluding hydrogens is 815 g/mol. The van der Waals surface area contributed by atoms with E-state index in [1.165, 1.54) is 28.3 Å². The van der Waals surface area contributed by atoms with Gasteiger partial charge in [0.05, 0.1) is 17.1 Å². The Morgan fingerprint density at radius 1 is 0.661 bits per heavy atom. The molecule has 8 aromatic rings. The summed E-state index contributed by atoms with van der Waals surface area (Å²) in [6.45, 7) is 3.92. The molecule has 2 aliphatic rings. The Morgan fingerprint density at radius 2 is 1.17 bits per heavy atom. The molecule has 0 spiro atoms. The van der Waals surface area contributed by atoms with Gasteiger partial charge in [-0.1, -0.05) is 57.8 Å². The molecule has 10 rings (SSSR count). The van der Waals surface area contributed by atoms with Crippen LogP contribution in [0.4, 0.5) is 0 Å². The van der Waals surface area contributed by atoms with Crippen LogP contribution >= 0.6 is 34.8 Å². The third-order valence-electron chi connectivity index (χ3n) is 10.8. The average Bonchev–Trinajstić information content (AvgIpc) is 3.87. The van der Waals surface area contributed by atoms with Crippen molar-refractivity contribution in [3.8, 4) is 0 Å². The molecule has 17 heteroatoms. The lowest BCUT2D eigenvalue weighted by Gasteiger charge is -2.33. The molecule has 0 unspecified atom stereocenters. The van der Waals surface area contributed by atoms with E-state index in [2.05, 4.69) is 69.5 Å². The van der Waals surface area contributed by atoms with E-state index >= 15 is 0 Å². The van der Waals surface area contributed by atoms with Crippen LogP contribution in [0.25, 0.3) is 22.1 Å². The number of aromatic amines is 1. The molecule has 2 saturated carbocycles. The van der Waals surface area contributed by atoms with Crippen LogP contribution in [0.1, 0.15) is 95.0 Å². The van der Waals surface area contributed by atoms with Gasteiger partial charge in [0.15, 0.2) is 22.9 Å². The van der Waals surface area contributed by atoms with Crippen LogP contribution < -0.4 is 11.1 Å². The number of fused-ring (bicyclic) bond motifs is 2. The number of aromatic nitrogens is 10. The van der Waals surface area contributed by atoms with E-state index < -0.39 is 0 Å². The van der Waals surface area contributed by atoms with E-state index in [4.69, 9.17) is 43.8 Å². The number of H-pyrrole nitrogens is 1. The largest absolute Gasteiger partial charge is 0.338 e. The molecule has 0 aliphatic heterocycles. The lowest BCUT2D eigenvalue weighted by atomic mass is 9.71. The summed E-state index contributed by atoms with van der Waals surface area (Å²) < 4.78 is 11.9. The summed E-state index contributed by atoms with van der Waals surface area (Å²) in [5.74, 6) is 4.40. The molecule has 2 aliphatic carbocycles. The highest BCUT2D eigenvalue weighted by molar-refractivity contribution is 6.30. The number of rotatable bonds is 7. The number of alkyl halides is 1. The fourth-order valence-electron chi connectivity index (χ4n) is 7.29. The summed E-state index contributed by atoms with van der Waals surface area (Å²) in [6, 6.07) is 19.6. The minimum Gasteiger partial charge on any atom is -0.338 e. The third-order valence-corrected chi connectivity index (χ3v) is 11.5. The van der Waals surface area contributed by atoms with Crippen LogP contribution in [-0.2, 0) is 12.4 Å². The molecule has 0 amide bonds. The Labute approximate surface area is 352 Å². The maximum Gasteiger partial charge on any atom is 0.263 e. The van der Waals surface area contributed by atoms with Crippen molar-refractivity contribution in [3.05, 3.63) is 162 Å². The first-order valence-corrected chi connectivity index (χ1v) is 20.2. The van der Waals surface area contributed by atoms with Crippen molar-refractivity contribution in [1.82, 2.24) is 49.8 Å². The second kappa shape index (κ2) is 17.6. The van der Waals surface area contributed by atoms with Gasteiger partial charge in [0, 0.05) is 34.3 Å². The molecule has 0 saturated heterocycles. The van der Waals surface area contributed by atoms with Gasteiger partial charge in [0.25, 0.3) is 11.1 Å².